The highest BCUT2D eigenvalue weighted by molar-refractivity contribution is 7.91. The highest BCUT2D eigenvalue weighted by atomic mass is 35.5. The number of alkyl halides is 9. The van der Waals surface area contributed by atoms with E-state index < -0.39 is 49.9 Å². The molecular formula is C11H4ClF10NO2S. The van der Waals surface area contributed by atoms with Crippen LogP contribution in [0.5, 0.6) is 0 Å². The van der Waals surface area contributed by atoms with Gasteiger partial charge in [0.2, 0.25) is 0 Å². The Bertz CT molecular complexity index is 801. The third kappa shape index (κ3) is 3.61. The van der Waals surface area contributed by atoms with E-state index in [0.29, 0.717) is 24.3 Å². The first kappa shape index (κ1) is 22.5. The molecule has 0 unspecified atom stereocenters. The molecule has 1 rings (SSSR count). The molecule has 0 saturated heterocycles. The fourth-order valence-corrected chi connectivity index (χ4v) is 2.61. The molecule has 3 nitrogen and oxygen atoms in total. The van der Waals surface area contributed by atoms with Crippen molar-refractivity contribution in [3.8, 4) is 0 Å². The second-order valence-corrected chi connectivity index (χ2v) is 6.53. The summed E-state index contributed by atoms with van der Waals surface area (Å²) in [4.78, 5) is 0. The van der Waals surface area contributed by atoms with E-state index in [1.54, 1.807) is 0 Å². The molecule has 148 valence electrons. The highest BCUT2D eigenvalue weighted by Crippen LogP contribution is 2.55. The van der Waals surface area contributed by atoms with Gasteiger partial charge in [-0.05, 0) is 24.3 Å². The predicted octanol–water partition coefficient (Wildman–Crippen LogP) is 4.57. The lowest BCUT2D eigenvalue weighted by Gasteiger charge is -2.32. The molecule has 26 heavy (non-hydrogen) atoms. The van der Waals surface area contributed by atoms with Crippen LogP contribution >= 0.6 is 11.6 Å². The maximum atomic E-state index is 13.4. The van der Waals surface area contributed by atoms with Gasteiger partial charge in [-0.1, -0.05) is 11.6 Å². The summed E-state index contributed by atoms with van der Waals surface area (Å²) < 4.78 is 151. The van der Waals surface area contributed by atoms with Gasteiger partial charge in [-0.2, -0.15) is 47.9 Å². The van der Waals surface area contributed by atoms with Gasteiger partial charge in [-0.15, -0.1) is 4.40 Å². The van der Waals surface area contributed by atoms with Gasteiger partial charge in [0.25, 0.3) is 0 Å². The second kappa shape index (κ2) is 6.55. The van der Waals surface area contributed by atoms with Crippen molar-refractivity contribution in [2.24, 2.45) is 4.40 Å². The lowest BCUT2D eigenvalue weighted by Crippen LogP contribution is -2.62. The Morgan fingerprint density at radius 2 is 1.27 bits per heavy atom. The quantitative estimate of drug-likeness (QED) is 0.498. The molecule has 15 heteroatoms. The Morgan fingerprint density at radius 3 is 1.65 bits per heavy atom. The van der Waals surface area contributed by atoms with Gasteiger partial charge in [0.15, 0.2) is 0 Å². The van der Waals surface area contributed by atoms with Crippen molar-refractivity contribution < 1.29 is 52.3 Å². The summed E-state index contributed by atoms with van der Waals surface area (Å²) in [5.41, 5.74) is -0.627. The minimum absolute atomic E-state index is 0.615. The van der Waals surface area contributed by atoms with Crippen molar-refractivity contribution in [3.05, 3.63) is 35.6 Å². The minimum atomic E-state index is -7.42. The molecule has 0 aliphatic carbocycles. The van der Waals surface area contributed by atoms with E-state index in [9.17, 15) is 52.3 Å². The van der Waals surface area contributed by atoms with Crippen LogP contribution in [0.4, 0.5) is 43.9 Å². The van der Waals surface area contributed by atoms with Crippen molar-refractivity contribution in [2.45, 2.75) is 23.3 Å². The zero-order chi connectivity index (χ0) is 20.8. The largest absolute Gasteiger partial charge is 0.460 e. The molecule has 0 bridgehead atoms. The number of hydrogen-bond donors (Lipinski definition) is 0. The smallest absolute Gasteiger partial charge is 0.207 e. The van der Waals surface area contributed by atoms with Crippen LogP contribution < -0.4 is 0 Å². The van der Waals surface area contributed by atoms with Gasteiger partial charge < -0.3 is 0 Å². The van der Waals surface area contributed by atoms with E-state index in [-0.39, 0.29) is 0 Å². The first-order chi connectivity index (χ1) is 11.4. The molecule has 0 saturated carbocycles. The van der Waals surface area contributed by atoms with Crippen LogP contribution in [0.15, 0.2) is 28.7 Å². The molecule has 1 aromatic carbocycles. The topological polar surface area (TPSA) is 46.5 Å². The van der Waals surface area contributed by atoms with Crippen LogP contribution in [0.1, 0.15) is 5.56 Å². The van der Waals surface area contributed by atoms with Crippen LogP contribution in [0.2, 0.25) is 0 Å². The Hall–Kier alpha value is -1.57. The summed E-state index contributed by atoms with van der Waals surface area (Å²) in [5, 5.41) is -8.49. The molecule has 1 aromatic rings. The Kier molecular flexibility index (Phi) is 5.66. The molecule has 0 atom stereocenters. The molecule has 0 heterocycles. The van der Waals surface area contributed by atoms with Crippen molar-refractivity contribution in [1.29, 1.82) is 0 Å². The highest BCUT2D eigenvalue weighted by Gasteiger charge is 2.85. The van der Waals surface area contributed by atoms with Gasteiger partial charge >= 0.3 is 33.3 Å². The summed E-state index contributed by atoms with van der Waals surface area (Å²) in [6, 6.07) is 2.53. The lowest BCUT2D eigenvalue weighted by atomic mass is 10.1. The monoisotopic (exact) mass is 439 g/mol. The molecule has 0 N–H and O–H groups in total. The number of benzene rings is 1. The van der Waals surface area contributed by atoms with Crippen molar-refractivity contribution in [2.75, 3.05) is 0 Å². The summed E-state index contributed by atoms with van der Waals surface area (Å²) in [6.45, 7) is 0. The predicted molar refractivity (Wildman–Crippen MR) is 68.6 cm³/mol. The van der Waals surface area contributed by atoms with Crippen LogP contribution in [0.3, 0.4) is 0 Å². The molecule has 0 radical (unpaired) electrons. The first-order valence-electron chi connectivity index (χ1n) is 5.84. The normalized spacial score (nSPS) is 15.3. The van der Waals surface area contributed by atoms with Gasteiger partial charge in [-0.25, -0.2) is 4.39 Å². The zero-order valence-corrected chi connectivity index (χ0v) is 13.2. The fourth-order valence-electron chi connectivity index (χ4n) is 1.33. The van der Waals surface area contributed by atoms with Gasteiger partial charge in [0, 0.05) is 5.56 Å². The van der Waals surface area contributed by atoms with Crippen molar-refractivity contribution >= 4 is 26.8 Å². The molecule has 0 fully saturated rings. The van der Waals surface area contributed by atoms with Crippen molar-refractivity contribution in [1.82, 2.24) is 0 Å². The van der Waals surface area contributed by atoms with Gasteiger partial charge in [-0.3, -0.25) is 0 Å². The third-order valence-electron chi connectivity index (χ3n) is 2.72. The van der Waals surface area contributed by atoms with Crippen LogP contribution in [-0.4, -0.2) is 36.9 Å². The van der Waals surface area contributed by atoms with Gasteiger partial charge in [0.05, 0.1) is 0 Å². The number of nitrogens with zero attached hydrogens (tertiary/aromatic N) is 1. The van der Waals surface area contributed by atoms with E-state index in [1.165, 1.54) is 0 Å². The third-order valence-corrected chi connectivity index (χ3v) is 4.45. The number of sulfonamides is 1. The Morgan fingerprint density at radius 1 is 0.846 bits per heavy atom. The van der Waals surface area contributed by atoms with Gasteiger partial charge in [0.1, 0.15) is 11.0 Å². The minimum Gasteiger partial charge on any atom is -0.207 e. The Labute approximate surface area is 143 Å². The van der Waals surface area contributed by atoms with E-state index in [4.69, 9.17) is 11.6 Å². The fraction of sp³-hybridized carbons (Fsp3) is 0.364. The van der Waals surface area contributed by atoms with Crippen LogP contribution in [-0.2, 0) is 10.0 Å². The molecule has 0 amide bonds. The first-order valence-corrected chi connectivity index (χ1v) is 7.66. The lowest BCUT2D eigenvalue weighted by molar-refractivity contribution is -0.382. The second-order valence-electron chi connectivity index (χ2n) is 4.53. The number of hydrogen-bond acceptors (Lipinski definition) is 2. The zero-order valence-electron chi connectivity index (χ0n) is 11.6. The molecule has 0 spiro atoms. The maximum absolute atomic E-state index is 13.4. The van der Waals surface area contributed by atoms with Crippen molar-refractivity contribution in [3.63, 3.8) is 0 Å². The average Bonchev–Trinajstić information content (AvgIpc) is 2.45. The summed E-state index contributed by atoms with van der Waals surface area (Å²) >= 11 is 5.16. The molecular weight excluding hydrogens is 436 g/mol. The summed E-state index contributed by atoms with van der Waals surface area (Å²) in [5.74, 6) is -15.7. The van der Waals surface area contributed by atoms with E-state index >= 15 is 0 Å². The van der Waals surface area contributed by atoms with E-state index in [0.717, 1.165) is 0 Å². The van der Waals surface area contributed by atoms with E-state index in [2.05, 4.69) is 0 Å². The maximum Gasteiger partial charge on any atom is 0.460 e. The molecule has 0 aliphatic heterocycles. The Balaban J connectivity index is 3.45. The number of rotatable bonds is 5. The van der Waals surface area contributed by atoms with Crippen LogP contribution in [0, 0.1) is 5.82 Å². The standard InChI is InChI=1S/C11H4ClF10NO2S/c12-7(5-1-3-6(13)4-2-5)23-26(24,25)11(21,22)9(16,17)8(14,15)10(18,19)20/h1-4H. The average molecular weight is 440 g/mol. The number of halogens is 11. The molecule has 0 aliphatic rings. The van der Waals surface area contributed by atoms with Crippen LogP contribution in [0.25, 0.3) is 0 Å². The van der Waals surface area contributed by atoms with E-state index in [1.807, 2.05) is 4.40 Å². The molecule has 0 aromatic heterocycles. The SMILES string of the molecule is O=S(=O)(N=C(Cl)c1ccc(F)cc1)C(F)(F)C(F)(F)C(F)(F)C(F)(F)F. The summed E-state index contributed by atoms with van der Waals surface area (Å²) in [7, 11) is -7.02. The summed E-state index contributed by atoms with van der Waals surface area (Å²) in [6.07, 6.45) is -7.19.